The maximum atomic E-state index is 13.1. The van der Waals surface area contributed by atoms with Crippen LogP contribution in [0.4, 0.5) is 5.69 Å². The van der Waals surface area contributed by atoms with E-state index in [1.807, 2.05) is 24.3 Å². The normalized spacial score (nSPS) is 24.5. The third-order valence-electron chi connectivity index (χ3n) is 7.71. The molecule has 0 radical (unpaired) electrons. The van der Waals surface area contributed by atoms with Crippen LogP contribution in [-0.2, 0) is 20.2 Å². The lowest BCUT2D eigenvalue weighted by Crippen LogP contribution is -2.34. The molecule has 2 saturated heterocycles. The maximum absolute atomic E-state index is 13.1. The van der Waals surface area contributed by atoms with Crippen molar-refractivity contribution in [3.8, 4) is 0 Å². The molecular formula is C27H33N3O4S. The average Bonchev–Trinajstić information content (AvgIpc) is 3.15. The van der Waals surface area contributed by atoms with Gasteiger partial charge in [0.05, 0.1) is 4.90 Å². The van der Waals surface area contributed by atoms with Crippen LogP contribution in [-0.4, -0.2) is 50.7 Å². The van der Waals surface area contributed by atoms with Crippen molar-refractivity contribution in [3.63, 3.8) is 0 Å². The summed E-state index contributed by atoms with van der Waals surface area (Å²) < 4.78 is 27.8. The summed E-state index contributed by atoms with van der Waals surface area (Å²) in [6, 6.07) is 14.4. The van der Waals surface area contributed by atoms with Crippen molar-refractivity contribution in [1.82, 2.24) is 9.62 Å². The van der Waals surface area contributed by atoms with Crippen molar-refractivity contribution in [2.24, 2.45) is 17.8 Å². The van der Waals surface area contributed by atoms with E-state index in [0.717, 1.165) is 24.2 Å². The molecule has 2 aromatic rings. The van der Waals surface area contributed by atoms with Gasteiger partial charge < -0.3 is 10.2 Å². The van der Waals surface area contributed by atoms with Crippen LogP contribution in [0.3, 0.4) is 0 Å². The summed E-state index contributed by atoms with van der Waals surface area (Å²) in [6.07, 6.45) is 1.45. The van der Waals surface area contributed by atoms with E-state index in [4.69, 9.17) is 0 Å². The number of hydrogen-bond acceptors (Lipinski definition) is 4. The summed E-state index contributed by atoms with van der Waals surface area (Å²) in [6.45, 7) is 8.61. The van der Waals surface area contributed by atoms with Crippen molar-refractivity contribution >= 4 is 27.5 Å². The van der Waals surface area contributed by atoms with Gasteiger partial charge in [0.15, 0.2) is 0 Å². The molecule has 7 nitrogen and oxygen atoms in total. The Morgan fingerprint density at radius 3 is 2.17 bits per heavy atom. The number of piperidine rings is 1. The second-order valence-corrected chi connectivity index (χ2v) is 12.9. The van der Waals surface area contributed by atoms with Crippen molar-refractivity contribution in [1.29, 1.82) is 0 Å². The fourth-order valence-corrected chi connectivity index (χ4v) is 6.93. The van der Waals surface area contributed by atoms with E-state index in [1.54, 1.807) is 33.5 Å². The zero-order chi connectivity index (χ0) is 25.0. The number of carbonyl (C=O) groups excluding carboxylic acids is 2. The van der Waals surface area contributed by atoms with E-state index in [-0.39, 0.29) is 17.2 Å². The Balaban J connectivity index is 1.12. The first-order valence-corrected chi connectivity index (χ1v) is 13.8. The van der Waals surface area contributed by atoms with Gasteiger partial charge in [-0.05, 0) is 71.6 Å². The van der Waals surface area contributed by atoms with Crippen LogP contribution in [0.5, 0.6) is 0 Å². The van der Waals surface area contributed by atoms with Gasteiger partial charge in [0, 0.05) is 43.9 Å². The van der Waals surface area contributed by atoms with Gasteiger partial charge in [-0.15, -0.1) is 0 Å². The molecule has 3 aliphatic rings. The van der Waals surface area contributed by atoms with Gasteiger partial charge in [-0.1, -0.05) is 32.9 Å². The molecule has 3 fully saturated rings. The molecule has 0 bridgehead atoms. The zero-order valence-electron chi connectivity index (χ0n) is 20.5. The third kappa shape index (κ3) is 4.61. The number of fused-ring (bicyclic) bond motifs is 1. The minimum Gasteiger partial charge on any atom is -0.352 e. The van der Waals surface area contributed by atoms with Gasteiger partial charge in [-0.25, -0.2) is 8.42 Å². The average molecular weight is 496 g/mol. The van der Waals surface area contributed by atoms with Crippen molar-refractivity contribution < 1.29 is 18.0 Å². The van der Waals surface area contributed by atoms with Gasteiger partial charge in [0.2, 0.25) is 15.9 Å². The van der Waals surface area contributed by atoms with Gasteiger partial charge in [-0.2, -0.15) is 4.31 Å². The highest BCUT2D eigenvalue weighted by Crippen LogP contribution is 2.52. The van der Waals surface area contributed by atoms with Crippen LogP contribution >= 0.6 is 0 Å². The van der Waals surface area contributed by atoms with E-state index < -0.39 is 10.0 Å². The molecule has 186 valence electrons. The number of rotatable bonds is 6. The SMILES string of the molecule is CC(C)(C)c1ccc(S(=O)(=O)N2CC3C(CNC(=O)c4ccc(N5CCCC5=O)cc4)C3C2)cc1. The quantitative estimate of drug-likeness (QED) is 0.666. The predicted octanol–water partition coefficient (Wildman–Crippen LogP) is 3.41. The largest absolute Gasteiger partial charge is 0.352 e. The van der Waals surface area contributed by atoms with Crippen molar-refractivity contribution in [2.75, 3.05) is 31.1 Å². The van der Waals surface area contributed by atoms with Crippen LogP contribution in [0.15, 0.2) is 53.4 Å². The number of nitrogens with one attached hydrogen (secondary N) is 1. The maximum Gasteiger partial charge on any atom is 0.251 e. The third-order valence-corrected chi connectivity index (χ3v) is 9.55. The molecule has 2 unspecified atom stereocenters. The zero-order valence-corrected chi connectivity index (χ0v) is 21.3. The van der Waals surface area contributed by atoms with Gasteiger partial charge in [-0.3, -0.25) is 9.59 Å². The molecule has 1 N–H and O–H groups in total. The molecule has 2 aromatic carbocycles. The number of amides is 2. The molecule has 2 heterocycles. The number of sulfonamides is 1. The lowest BCUT2D eigenvalue weighted by atomic mass is 9.87. The standard InChI is InChI=1S/C27H33N3O4S/c1-27(2,3)19-8-12-21(13-9-19)35(33,34)29-16-23-22(24(23)17-29)15-28-26(32)18-6-10-20(11-7-18)30-14-4-5-25(30)31/h6-13,22-24H,4-5,14-17H2,1-3H3,(H,28,32). The summed E-state index contributed by atoms with van der Waals surface area (Å²) in [5, 5.41) is 3.01. The number of nitrogens with zero attached hydrogens (tertiary/aromatic N) is 2. The molecule has 8 heteroatoms. The lowest BCUT2D eigenvalue weighted by molar-refractivity contribution is -0.117. The summed E-state index contributed by atoms with van der Waals surface area (Å²) in [5.41, 5.74) is 2.48. The van der Waals surface area contributed by atoms with Crippen molar-refractivity contribution in [3.05, 3.63) is 59.7 Å². The number of benzene rings is 2. The van der Waals surface area contributed by atoms with Crippen LogP contribution in [0.25, 0.3) is 0 Å². The summed E-state index contributed by atoms with van der Waals surface area (Å²) in [7, 11) is -3.50. The number of hydrogen-bond donors (Lipinski definition) is 1. The molecule has 5 rings (SSSR count). The van der Waals surface area contributed by atoms with Crippen LogP contribution in [0.2, 0.25) is 0 Å². The summed E-state index contributed by atoms with van der Waals surface area (Å²) >= 11 is 0. The van der Waals surface area contributed by atoms with Crippen LogP contribution in [0.1, 0.15) is 49.5 Å². The smallest absolute Gasteiger partial charge is 0.251 e. The van der Waals surface area contributed by atoms with Crippen molar-refractivity contribution in [2.45, 2.75) is 43.9 Å². The van der Waals surface area contributed by atoms with Gasteiger partial charge in [0.25, 0.3) is 5.91 Å². The lowest BCUT2D eigenvalue weighted by Gasteiger charge is -2.22. The van der Waals surface area contributed by atoms with E-state index in [1.165, 1.54) is 0 Å². The molecule has 35 heavy (non-hydrogen) atoms. The molecule has 2 amide bonds. The van der Waals surface area contributed by atoms with E-state index in [2.05, 4.69) is 26.1 Å². The highest BCUT2D eigenvalue weighted by Gasteiger charge is 2.57. The van der Waals surface area contributed by atoms with E-state index >= 15 is 0 Å². The van der Waals surface area contributed by atoms with Crippen LogP contribution in [0, 0.1) is 17.8 Å². The highest BCUT2D eigenvalue weighted by atomic mass is 32.2. The predicted molar refractivity (Wildman–Crippen MR) is 135 cm³/mol. The first-order chi connectivity index (χ1) is 16.6. The Hall–Kier alpha value is -2.71. The van der Waals surface area contributed by atoms with E-state index in [0.29, 0.717) is 54.3 Å². The molecule has 1 aliphatic carbocycles. The minimum absolute atomic E-state index is 0.0236. The van der Waals surface area contributed by atoms with Gasteiger partial charge >= 0.3 is 0 Å². The monoisotopic (exact) mass is 495 g/mol. The van der Waals surface area contributed by atoms with Crippen LogP contribution < -0.4 is 10.2 Å². The molecule has 0 spiro atoms. The second kappa shape index (κ2) is 8.75. The summed E-state index contributed by atoms with van der Waals surface area (Å²) in [4.78, 5) is 26.6. The fourth-order valence-electron chi connectivity index (χ4n) is 5.41. The fraction of sp³-hybridized carbons (Fsp3) is 0.481. The topological polar surface area (TPSA) is 86.8 Å². The first kappa shape index (κ1) is 24.0. The van der Waals surface area contributed by atoms with Gasteiger partial charge in [0.1, 0.15) is 0 Å². The molecule has 2 aliphatic heterocycles. The number of anilines is 1. The van der Waals surface area contributed by atoms with E-state index in [9.17, 15) is 18.0 Å². The Morgan fingerprint density at radius 1 is 1.00 bits per heavy atom. The Kier molecular flexibility index (Phi) is 6.00. The second-order valence-electron chi connectivity index (χ2n) is 11.0. The Labute approximate surface area is 207 Å². The molecule has 2 atom stereocenters. The number of carbonyl (C=O) groups is 2. The molecule has 0 aromatic heterocycles. The first-order valence-electron chi connectivity index (χ1n) is 12.3. The Morgan fingerprint density at radius 2 is 1.63 bits per heavy atom. The summed E-state index contributed by atoms with van der Waals surface area (Å²) in [5.74, 6) is 0.887. The molecule has 1 saturated carbocycles. The Bertz CT molecular complexity index is 1220. The molecular weight excluding hydrogens is 462 g/mol. The highest BCUT2D eigenvalue weighted by molar-refractivity contribution is 7.89. The minimum atomic E-state index is -3.50.